The van der Waals surface area contributed by atoms with Gasteiger partial charge < -0.3 is 19.8 Å². The predicted octanol–water partition coefficient (Wildman–Crippen LogP) is 0.692. The molecule has 2 atom stereocenters. The number of hydrogen-bond donors (Lipinski definition) is 1. The molecule has 112 valence electrons. The summed E-state index contributed by atoms with van der Waals surface area (Å²) in [4.78, 5) is 23.6. The molecule has 1 aliphatic rings. The molecule has 8 heteroatoms. The molecule has 0 amide bonds. The number of nitrogens with two attached hydrogens (primary N) is 1. The molecule has 2 aromatic rings. The second-order valence-corrected chi connectivity index (χ2v) is 5.06. The van der Waals surface area contributed by atoms with Crippen LogP contribution in [-0.2, 0) is 14.3 Å². The lowest BCUT2D eigenvalue weighted by Gasteiger charge is -2.13. The molecular weight excluding hydrogens is 274 g/mol. The van der Waals surface area contributed by atoms with Crippen LogP contribution < -0.4 is 5.73 Å². The van der Waals surface area contributed by atoms with Crippen LogP contribution in [0.15, 0.2) is 12.7 Å². The zero-order chi connectivity index (χ0) is 14.8. The molecule has 8 nitrogen and oxygen atoms in total. The zero-order valence-corrected chi connectivity index (χ0v) is 11.7. The van der Waals surface area contributed by atoms with E-state index in [1.54, 1.807) is 6.33 Å². The van der Waals surface area contributed by atoms with Crippen molar-refractivity contribution in [3.05, 3.63) is 12.7 Å². The van der Waals surface area contributed by atoms with E-state index in [9.17, 15) is 4.79 Å². The van der Waals surface area contributed by atoms with Crippen molar-refractivity contribution in [2.24, 2.45) is 0 Å². The van der Waals surface area contributed by atoms with Crippen molar-refractivity contribution in [2.75, 3.05) is 19.5 Å². The van der Waals surface area contributed by atoms with E-state index in [1.807, 2.05) is 4.57 Å². The van der Waals surface area contributed by atoms with Gasteiger partial charge >= 0.3 is 5.97 Å². The Morgan fingerprint density at radius 3 is 3.10 bits per heavy atom. The lowest BCUT2D eigenvalue weighted by atomic mass is 10.2. The molecule has 0 aliphatic heterocycles. The Hall–Kier alpha value is -2.22. The van der Waals surface area contributed by atoms with Crippen LogP contribution in [0.3, 0.4) is 0 Å². The van der Waals surface area contributed by atoms with Gasteiger partial charge in [0, 0.05) is 6.04 Å². The molecule has 0 unspecified atom stereocenters. The number of ether oxygens (including phenoxy) is 2. The molecule has 1 aliphatic carbocycles. The van der Waals surface area contributed by atoms with Crippen molar-refractivity contribution in [2.45, 2.75) is 31.4 Å². The van der Waals surface area contributed by atoms with Crippen LogP contribution in [0.1, 0.15) is 25.3 Å². The third kappa shape index (κ3) is 2.66. The first-order valence-electron chi connectivity index (χ1n) is 6.80. The summed E-state index contributed by atoms with van der Waals surface area (Å²) in [7, 11) is 1.35. The van der Waals surface area contributed by atoms with E-state index in [-0.39, 0.29) is 24.7 Å². The molecule has 1 saturated carbocycles. The summed E-state index contributed by atoms with van der Waals surface area (Å²) in [5, 5.41) is 0. The monoisotopic (exact) mass is 291 g/mol. The van der Waals surface area contributed by atoms with Crippen LogP contribution in [0.5, 0.6) is 0 Å². The van der Waals surface area contributed by atoms with Gasteiger partial charge in [0.25, 0.3) is 0 Å². The third-order valence-electron chi connectivity index (χ3n) is 3.80. The summed E-state index contributed by atoms with van der Waals surface area (Å²) in [6.45, 7) is -0.00627. The van der Waals surface area contributed by atoms with E-state index in [0.29, 0.717) is 11.3 Å². The van der Waals surface area contributed by atoms with E-state index < -0.39 is 0 Å². The first-order chi connectivity index (χ1) is 10.2. The number of anilines is 1. The molecule has 0 aromatic carbocycles. The zero-order valence-electron chi connectivity index (χ0n) is 11.7. The SMILES string of the molecule is COC(=O)CO[C@H]1CC[C@@H](n2cnc3c(N)ncnc32)C1. The van der Waals surface area contributed by atoms with Gasteiger partial charge in [-0.05, 0) is 19.3 Å². The number of nitrogens with zero attached hydrogens (tertiary/aromatic N) is 4. The van der Waals surface area contributed by atoms with E-state index in [2.05, 4.69) is 19.7 Å². The molecule has 0 radical (unpaired) electrons. The highest BCUT2D eigenvalue weighted by molar-refractivity contribution is 5.81. The molecule has 2 aromatic heterocycles. The second-order valence-electron chi connectivity index (χ2n) is 5.06. The fraction of sp³-hybridized carbons (Fsp3) is 0.538. The molecule has 2 heterocycles. The maximum atomic E-state index is 11.1. The Morgan fingerprint density at radius 1 is 1.43 bits per heavy atom. The maximum absolute atomic E-state index is 11.1. The fourth-order valence-corrected chi connectivity index (χ4v) is 2.70. The Kier molecular flexibility index (Phi) is 3.70. The van der Waals surface area contributed by atoms with Crippen LogP contribution in [-0.4, -0.2) is 45.3 Å². The largest absolute Gasteiger partial charge is 0.467 e. The van der Waals surface area contributed by atoms with Crippen molar-refractivity contribution in [3.8, 4) is 0 Å². The van der Waals surface area contributed by atoms with Crippen molar-refractivity contribution in [3.63, 3.8) is 0 Å². The average Bonchev–Trinajstić information content (AvgIpc) is 3.11. The second kappa shape index (κ2) is 5.65. The highest BCUT2D eigenvalue weighted by Crippen LogP contribution is 2.33. The van der Waals surface area contributed by atoms with Gasteiger partial charge in [-0.2, -0.15) is 0 Å². The minimum absolute atomic E-state index is 0.00627. The Balaban J connectivity index is 1.70. The summed E-state index contributed by atoms with van der Waals surface area (Å²) >= 11 is 0. The third-order valence-corrected chi connectivity index (χ3v) is 3.80. The normalized spacial score (nSPS) is 21.8. The van der Waals surface area contributed by atoms with Gasteiger partial charge in [-0.1, -0.05) is 0 Å². The minimum Gasteiger partial charge on any atom is -0.467 e. The standard InChI is InChI=1S/C13H17N5O3/c1-20-10(19)5-21-9-3-2-8(4-9)18-7-17-11-12(14)15-6-16-13(11)18/h6-9H,2-5H2,1H3,(H2,14,15,16)/t8-,9+/m1/s1. The maximum Gasteiger partial charge on any atom is 0.331 e. The van der Waals surface area contributed by atoms with Gasteiger partial charge in [0.1, 0.15) is 18.5 Å². The minimum atomic E-state index is -0.355. The summed E-state index contributed by atoms with van der Waals surface area (Å²) in [6.07, 6.45) is 5.87. The highest BCUT2D eigenvalue weighted by Gasteiger charge is 2.28. The van der Waals surface area contributed by atoms with E-state index in [0.717, 1.165) is 24.9 Å². The van der Waals surface area contributed by atoms with Gasteiger partial charge in [-0.3, -0.25) is 0 Å². The molecular formula is C13H17N5O3. The van der Waals surface area contributed by atoms with Gasteiger partial charge in [-0.25, -0.2) is 19.7 Å². The fourth-order valence-electron chi connectivity index (χ4n) is 2.70. The predicted molar refractivity (Wildman–Crippen MR) is 74.4 cm³/mol. The first-order valence-corrected chi connectivity index (χ1v) is 6.80. The number of rotatable bonds is 4. The van der Waals surface area contributed by atoms with Gasteiger partial charge in [-0.15, -0.1) is 0 Å². The number of esters is 1. The summed E-state index contributed by atoms with van der Waals surface area (Å²) in [5.74, 6) is 0.0299. The Bertz CT molecular complexity index is 656. The van der Waals surface area contributed by atoms with Crippen molar-refractivity contribution < 1.29 is 14.3 Å². The number of nitrogen functional groups attached to an aromatic ring is 1. The average molecular weight is 291 g/mol. The quantitative estimate of drug-likeness (QED) is 0.826. The molecule has 2 N–H and O–H groups in total. The number of hydrogen-bond acceptors (Lipinski definition) is 7. The number of imidazole rings is 1. The number of aromatic nitrogens is 4. The highest BCUT2D eigenvalue weighted by atomic mass is 16.6. The van der Waals surface area contributed by atoms with Crippen molar-refractivity contribution in [1.82, 2.24) is 19.5 Å². The number of carbonyl (C=O) groups is 1. The summed E-state index contributed by atoms with van der Waals surface area (Å²) in [6, 6.07) is 0.243. The van der Waals surface area contributed by atoms with Crippen LogP contribution in [0.4, 0.5) is 5.82 Å². The van der Waals surface area contributed by atoms with Crippen molar-refractivity contribution >= 4 is 23.0 Å². The van der Waals surface area contributed by atoms with Gasteiger partial charge in [0.05, 0.1) is 19.5 Å². The molecule has 0 bridgehead atoms. The number of carbonyl (C=O) groups excluding carboxylic acids is 1. The molecule has 3 rings (SSSR count). The molecule has 0 spiro atoms. The Labute approximate surface area is 121 Å². The molecule has 21 heavy (non-hydrogen) atoms. The number of fused-ring (bicyclic) bond motifs is 1. The lowest BCUT2D eigenvalue weighted by Crippen LogP contribution is -2.17. The van der Waals surface area contributed by atoms with Crippen LogP contribution in [0, 0.1) is 0 Å². The Morgan fingerprint density at radius 2 is 2.29 bits per heavy atom. The number of methoxy groups -OCH3 is 1. The van der Waals surface area contributed by atoms with Gasteiger partial charge in [0.2, 0.25) is 0 Å². The topological polar surface area (TPSA) is 105 Å². The van der Waals surface area contributed by atoms with E-state index in [1.165, 1.54) is 13.4 Å². The molecule has 0 saturated heterocycles. The van der Waals surface area contributed by atoms with Crippen LogP contribution in [0.2, 0.25) is 0 Å². The van der Waals surface area contributed by atoms with Crippen LogP contribution in [0.25, 0.3) is 11.2 Å². The van der Waals surface area contributed by atoms with E-state index in [4.69, 9.17) is 10.5 Å². The van der Waals surface area contributed by atoms with Gasteiger partial charge in [0.15, 0.2) is 11.5 Å². The summed E-state index contributed by atoms with van der Waals surface area (Å²) < 4.78 is 12.1. The smallest absolute Gasteiger partial charge is 0.331 e. The summed E-state index contributed by atoms with van der Waals surface area (Å²) in [5.41, 5.74) is 7.15. The molecule has 1 fully saturated rings. The van der Waals surface area contributed by atoms with E-state index >= 15 is 0 Å². The lowest BCUT2D eigenvalue weighted by molar-refractivity contribution is -0.147. The first kappa shape index (κ1) is 13.7. The van der Waals surface area contributed by atoms with Crippen molar-refractivity contribution in [1.29, 1.82) is 0 Å². The van der Waals surface area contributed by atoms with Crippen LogP contribution >= 0.6 is 0 Å².